The third-order valence-corrected chi connectivity index (χ3v) is 5.01. The van der Waals surface area contributed by atoms with Gasteiger partial charge in [0.05, 0.1) is 13.2 Å². The summed E-state index contributed by atoms with van der Waals surface area (Å²) in [5.41, 5.74) is 3.73. The molecule has 2 aliphatic heterocycles. The maximum absolute atomic E-state index is 10.5. The zero-order chi connectivity index (χ0) is 13.9. The molecule has 1 unspecified atom stereocenters. The number of phenols is 1. The fraction of sp³-hybridized carbons (Fsp3) is 0.500. The Bertz CT molecular complexity index is 596. The molecule has 0 aromatic heterocycles. The van der Waals surface area contributed by atoms with E-state index in [1.807, 2.05) is 6.07 Å². The van der Waals surface area contributed by atoms with Gasteiger partial charge in [-0.1, -0.05) is 11.6 Å². The zero-order valence-electron chi connectivity index (χ0n) is 11.5. The van der Waals surface area contributed by atoms with E-state index in [1.54, 1.807) is 13.2 Å². The van der Waals surface area contributed by atoms with E-state index in [0.717, 1.165) is 37.1 Å². The summed E-state index contributed by atoms with van der Waals surface area (Å²) in [7, 11) is 1.56. The molecule has 3 aliphatic rings. The lowest BCUT2D eigenvalue weighted by molar-refractivity contribution is 0.0828. The molecule has 1 aromatic carbocycles. The third-order valence-electron chi connectivity index (χ3n) is 5.01. The number of nitrogens with zero attached hydrogens (tertiary/aromatic N) is 1. The van der Waals surface area contributed by atoms with Gasteiger partial charge >= 0.3 is 0 Å². The van der Waals surface area contributed by atoms with Gasteiger partial charge in [0.2, 0.25) is 0 Å². The first kappa shape index (κ1) is 12.2. The predicted molar refractivity (Wildman–Crippen MR) is 74.9 cm³/mol. The maximum Gasteiger partial charge on any atom is 0.160 e. The van der Waals surface area contributed by atoms with Crippen molar-refractivity contribution >= 4 is 0 Å². The summed E-state index contributed by atoms with van der Waals surface area (Å²) < 4.78 is 5.24. The van der Waals surface area contributed by atoms with Crippen LogP contribution in [0.5, 0.6) is 11.5 Å². The topological polar surface area (TPSA) is 52.9 Å². The summed E-state index contributed by atoms with van der Waals surface area (Å²) >= 11 is 0. The second-order valence-electron chi connectivity index (χ2n) is 6.00. The summed E-state index contributed by atoms with van der Waals surface area (Å²) in [6, 6.07) is 4.05. The number of aromatic hydroxyl groups is 1. The minimum Gasteiger partial charge on any atom is -0.504 e. The number of fused-ring (bicyclic) bond motifs is 2. The number of rotatable bonds is 1. The minimum absolute atomic E-state index is 0.107. The summed E-state index contributed by atoms with van der Waals surface area (Å²) in [6.45, 7) is 1.89. The molecule has 4 rings (SSSR count). The van der Waals surface area contributed by atoms with Crippen LogP contribution in [0.15, 0.2) is 23.8 Å². The molecule has 20 heavy (non-hydrogen) atoms. The Hall–Kier alpha value is -1.52. The molecule has 0 spiro atoms. The van der Waals surface area contributed by atoms with Gasteiger partial charge in [0.1, 0.15) is 0 Å². The quantitative estimate of drug-likeness (QED) is 0.766. The van der Waals surface area contributed by atoms with Crippen molar-refractivity contribution < 1.29 is 14.9 Å². The van der Waals surface area contributed by atoms with E-state index < -0.39 is 0 Å². The number of phenolic OH excluding ortho intramolecular Hbond substituents is 1. The average molecular weight is 273 g/mol. The molecule has 4 heteroatoms. The highest BCUT2D eigenvalue weighted by Gasteiger charge is 2.45. The second kappa shape index (κ2) is 4.24. The van der Waals surface area contributed by atoms with E-state index in [1.165, 1.54) is 5.57 Å². The molecule has 0 amide bonds. The number of methoxy groups -OCH3 is 1. The van der Waals surface area contributed by atoms with Crippen LogP contribution in [-0.4, -0.2) is 40.9 Å². The summed E-state index contributed by atoms with van der Waals surface area (Å²) in [4.78, 5) is 2.42. The Morgan fingerprint density at radius 3 is 3.00 bits per heavy atom. The van der Waals surface area contributed by atoms with Crippen LogP contribution in [0.3, 0.4) is 0 Å². The molecule has 3 atom stereocenters. The lowest BCUT2D eigenvalue weighted by atomic mass is 9.74. The molecule has 1 aromatic rings. The molecule has 1 saturated heterocycles. The first-order valence-electron chi connectivity index (χ1n) is 7.20. The summed E-state index contributed by atoms with van der Waals surface area (Å²) in [5, 5.41) is 20.5. The Labute approximate surface area is 118 Å². The Morgan fingerprint density at radius 1 is 1.35 bits per heavy atom. The molecule has 2 N–H and O–H groups in total. The standard InChI is InChI=1S/C16H19NO3/c1-20-14-7-11-10(6-13(14)19)8-17-5-4-9-2-3-12(18)15(11)16(9)17/h2,6-7,12,15-16,18-19H,3-5,8H2,1H3/t12-,15-,16?/m1/s1. The van der Waals surface area contributed by atoms with Gasteiger partial charge in [0, 0.05) is 25.0 Å². The molecule has 0 saturated carbocycles. The van der Waals surface area contributed by atoms with Gasteiger partial charge in [-0.2, -0.15) is 0 Å². The van der Waals surface area contributed by atoms with E-state index in [4.69, 9.17) is 4.74 Å². The van der Waals surface area contributed by atoms with Crippen LogP contribution >= 0.6 is 0 Å². The number of hydrogen-bond acceptors (Lipinski definition) is 4. The van der Waals surface area contributed by atoms with Crippen molar-refractivity contribution in [1.29, 1.82) is 0 Å². The van der Waals surface area contributed by atoms with Crippen molar-refractivity contribution in [3.63, 3.8) is 0 Å². The van der Waals surface area contributed by atoms with E-state index in [2.05, 4.69) is 11.0 Å². The van der Waals surface area contributed by atoms with Crippen LogP contribution < -0.4 is 4.74 Å². The predicted octanol–water partition coefficient (Wildman–Crippen LogP) is 1.76. The van der Waals surface area contributed by atoms with Gasteiger partial charge in [-0.15, -0.1) is 0 Å². The van der Waals surface area contributed by atoms with Crippen molar-refractivity contribution in [1.82, 2.24) is 4.90 Å². The number of hydrogen-bond donors (Lipinski definition) is 2. The molecule has 0 bridgehead atoms. The van der Waals surface area contributed by atoms with E-state index in [-0.39, 0.29) is 17.8 Å². The van der Waals surface area contributed by atoms with Crippen molar-refractivity contribution in [3.05, 3.63) is 34.9 Å². The van der Waals surface area contributed by atoms with Crippen LogP contribution in [0.2, 0.25) is 0 Å². The normalized spacial score (nSPS) is 31.5. The third kappa shape index (κ3) is 1.55. The van der Waals surface area contributed by atoms with Crippen LogP contribution in [0.25, 0.3) is 0 Å². The first-order valence-corrected chi connectivity index (χ1v) is 7.20. The lowest BCUT2D eigenvalue weighted by Gasteiger charge is -2.43. The largest absolute Gasteiger partial charge is 0.504 e. The monoisotopic (exact) mass is 273 g/mol. The molecule has 106 valence electrons. The number of ether oxygens (including phenoxy) is 1. The molecule has 1 fully saturated rings. The molecule has 4 nitrogen and oxygen atoms in total. The van der Waals surface area contributed by atoms with Gasteiger partial charge in [0.15, 0.2) is 11.5 Å². The first-order chi connectivity index (χ1) is 9.69. The van der Waals surface area contributed by atoms with E-state index >= 15 is 0 Å². The average Bonchev–Trinajstić information content (AvgIpc) is 2.84. The molecular formula is C16H19NO3. The van der Waals surface area contributed by atoms with E-state index in [0.29, 0.717) is 11.8 Å². The van der Waals surface area contributed by atoms with Crippen LogP contribution in [-0.2, 0) is 6.54 Å². The van der Waals surface area contributed by atoms with Gasteiger partial charge in [-0.3, -0.25) is 4.90 Å². The molecule has 0 radical (unpaired) electrons. The van der Waals surface area contributed by atoms with E-state index in [9.17, 15) is 10.2 Å². The molecular weight excluding hydrogens is 254 g/mol. The van der Waals surface area contributed by atoms with Gasteiger partial charge in [-0.25, -0.2) is 0 Å². The van der Waals surface area contributed by atoms with Gasteiger partial charge in [-0.05, 0) is 36.1 Å². The zero-order valence-corrected chi connectivity index (χ0v) is 11.5. The highest BCUT2D eigenvalue weighted by molar-refractivity contribution is 5.51. The van der Waals surface area contributed by atoms with Gasteiger partial charge < -0.3 is 14.9 Å². The lowest BCUT2D eigenvalue weighted by Crippen LogP contribution is -2.45. The Kier molecular flexibility index (Phi) is 2.59. The number of aliphatic hydroxyl groups excluding tert-OH is 1. The summed E-state index contributed by atoms with van der Waals surface area (Å²) in [6.07, 6.45) is 3.70. The SMILES string of the molecule is COc1cc2c(cc1O)CN1CCC3=CC[C@@H](O)[C@@H]2C31. The Morgan fingerprint density at radius 2 is 2.20 bits per heavy atom. The van der Waals surface area contributed by atoms with Crippen LogP contribution in [0.1, 0.15) is 29.9 Å². The maximum atomic E-state index is 10.5. The Balaban J connectivity index is 1.88. The molecule has 1 aliphatic carbocycles. The fourth-order valence-corrected chi connectivity index (χ4v) is 4.12. The number of benzene rings is 1. The van der Waals surface area contributed by atoms with Crippen molar-refractivity contribution in [3.8, 4) is 11.5 Å². The summed E-state index contributed by atoms with van der Waals surface area (Å²) in [5.74, 6) is 0.791. The highest BCUT2D eigenvalue weighted by atomic mass is 16.5. The van der Waals surface area contributed by atoms with Crippen molar-refractivity contribution in [2.24, 2.45) is 0 Å². The molecule has 2 heterocycles. The van der Waals surface area contributed by atoms with Crippen LogP contribution in [0.4, 0.5) is 0 Å². The van der Waals surface area contributed by atoms with Crippen molar-refractivity contribution in [2.75, 3.05) is 13.7 Å². The minimum atomic E-state index is -0.349. The number of aliphatic hydroxyl groups is 1. The highest BCUT2D eigenvalue weighted by Crippen LogP contribution is 2.48. The second-order valence-corrected chi connectivity index (χ2v) is 6.00. The smallest absolute Gasteiger partial charge is 0.160 e. The van der Waals surface area contributed by atoms with Crippen LogP contribution in [0, 0.1) is 0 Å². The fourth-order valence-electron chi connectivity index (χ4n) is 4.12. The van der Waals surface area contributed by atoms with Gasteiger partial charge in [0.25, 0.3) is 0 Å². The van der Waals surface area contributed by atoms with Crippen molar-refractivity contribution in [2.45, 2.75) is 37.5 Å².